The Morgan fingerprint density at radius 3 is 2.76 bits per heavy atom. The smallest absolute Gasteiger partial charge is 0.306 e. The number of nitrogens with one attached hydrogen (secondary N) is 1. The van der Waals surface area contributed by atoms with Crippen LogP contribution in [0.25, 0.3) is 10.9 Å². The lowest BCUT2D eigenvalue weighted by molar-refractivity contribution is -0.148. The van der Waals surface area contributed by atoms with E-state index in [1.807, 2.05) is 5.38 Å². The summed E-state index contributed by atoms with van der Waals surface area (Å²) in [6.07, 6.45) is -0.631. The monoisotopic (exact) mass is 356 g/mol. The molecular formula is C18H16N2O4S. The molecule has 1 N–H and O–H groups in total. The molecule has 3 aromatic rings. The molecule has 1 atom stereocenters. The molecule has 6 nitrogen and oxygen atoms in total. The maximum Gasteiger partial charge on any atom is 0.306 e. The van der Waals surface area contributed by atoms with E-state index < -0.39 is 12.1 Å². The van der Waals surface area contributed by atoms with Crippen LogP contribution in [0.5, 0.6) is 0 Å². The molecular weight excluding hydrogens is 340 g/mol. The average Bonchev–Trinajstić information content (AvgIpc) is 3.14. The van der Waals surface area contributed by atoms with E-state index in [4.69, 9.17) is 4.74 Å². The van der Waals surface area contributed by atoms with Crippen LogP contribution < -0.4 is 5.56 Å². The van der Waals surface area contributed by atoms with Crippen LogP contribution in [0.4, 0.5) is 0 Å². The van der Waals surface area contributed by atoms with Crippen LogP contribution >= 0.6 is 11.3 Å². The molecule has 0 saturated heterocycles. The van der Waals surface area contributed by atoms with E-state index in [0.717, 1.165) is 0 Å². The SMILES string of the molecule is C[C@@H](OC(=O)CCC(=O)c1cccs1)c1nc2ccccc2c(=O)[nH]1. The van der Waals surface area contributed by atoms with Crippen LogP contribution in [-0.4, -0.2) is 21.7 Å². The van der Waals surface area contributed by atoms with Crippen molar-refractivity contribution in [2.45, 2.75) is 25.9 Å². The number of H-pyrrole nitrogens is 1. The fourth-order valence-corrected chi connectivity index (χ4v) is 3.08. The lowest BCUT2D eigenvalue weighted by Crippen LogP contribution is -2.17. The Hall–Kier alpha value is -2.80. The van der Waals surface area contributed by atoms with Crippen LogP contribution in [0.1, 0.15) is 41.4 Å². The predicted molar refractivity (Wildman–Crippen MR) is 94.8 cm³/mol. The number of aromatic amines is 1. The molecule has 0 saturated carbocycles. The number of ketones is 1. The number of thiophene rings is 1. The van der Waals surface area contributed by atoms with Gasteiger partial charge in [0.05, 0.1) is 22.2 Å². The number of esters is 1. The van der Waals surface area contributed by atoms with Crippen LogP contribution in [0.2, 0.25) is 0 Å². The van der Waals surface area contributed by atoms with Gasteiger partial charge in [-0.2, -0.15) is 0 Å². The van der Waals surface area contributed by atoms with Crippen molar-refractivity contribution in [2.24, 2.45) is 0 Å². The minimum Gasteiger partial charge on any atom is -0.454 e. The molecule has 3 rings (SSSR count). The van der Waals surface area contributed by atoms with Gasteiger partial charge in [-0.15, -0.1) is 11.3 Å². The zero-order valence-electron chi connectivity index (χ0n) is 13.5. The molecule has 0 amide bonds. The Balaban J connectivity index is 1.63. The maximum atomic E-state index is 12.1. The van der Waals surface area contributed by atoms with E-state index in [2.05, 4.69) is 9.97 Å². The normalized spacial score (nSPS) is 12.0. The van der Waals surface area contributed by atoms with E-state index in [0.29, 0.717) is 15.8 Å². The second-order valence-electron chi connectivity index (χ2n) is 5.50. The Bertz CT molecular complexity index is 963. The van der Waals surface area contributed by atoms with Gasteiger partial charge in [0.2, 0.25) is 0 Å². The number of para-hydroxylation sites is 1. The van der Waals surface area contributed by atoms with Gasteiger partial charge in [-0.1, -0.05) is 18.2 Å². The Kier molecular flexibility index (Phi) is 5.04. The van der Waals surface area contributed by atoms with Gasteiger partial charge in [0, 0.05) is 6.42 Å². The lowest BCUT2D eigenvalue weighted by atomic mass is 10.2. The second kappa shape index (κ2) is 7.40. The van der Waals surface area contributed by atoms with Crippen molar-refractivity contribution in [3.63, 3.8) is 0 Å². The summed E-state index contributed by atoms with van der Waals surface area (Å²) in [5.74, 6) is -0.313. The van der Waals surface area contributed by atoms with Gasteiger partial charge in [0.1, 0.15) is 0 Å². The van der Waals surface area contributed by atoms with Crippen molar-refractivity contribution >= 4 is 34.0 Å². The van der Waals surface area contributed by atoms with Crippen molar-refractivity contribution in [3.05, 3.63) is 62.8 Å². The third-order valence-electron chi connectivity index (χ3n) is 3.68. The number of rotatable bonds is 6. The number of aromatic nitrogens is 2. The third kappa shape index (κ3) is 4.00. The summed E-state index contributed by atoms with van der Waals surface area (Å²) < 4.78 is 5.29. The number of hydrogen-bond acceptors (Lipinski definition) is 6. The zero-order valence-corrected chi connectivity index (χ0v) is 14.3. The summed E-state index contributed by atoms with van der Waals surface area (Å²) in [7, 11) is 0. The van der Waals surface area contributed by atoms with Crippen molar-refractivity contribution in [1.82, 2.24) is 9.97 Å². The number of carbonyl (C=O) groups excluding carboxylic acids is 2. The molecule has 25 heavy (non-hydrogen) atoms. The predicted octanol–water partition coefficient (Wildman–Crippen LogP) is 3.25. The van der Waals surface area contributed by atoms with Crippen LogP contribution in [0, 0.1) is 0 Å². The molecule has 2 heterocycles. The Morgan fingerprint density at radius 2 is 2.00 bits per heavy atom. The lowest BCUT2D eigenvalue weighted by Gasteiger charge is -2.12. The summed E-state index contributed by atoms with van der Waals surface area (Å²) in [4.78, 5) is 43.5. The number of Topliss-reactive ketones (excluding diaryl/α,β-unsaturated/α-hetero) is 1. The topological polar surface area (TPSA) is 89.1 Å². The van der Waals surface area contributed by atoms with Gasteiger partial charge in [-0.3, -0.25) is 14.4 Å². The number of fused-ring (bicyclic) bond motifs is 1. The fraction of sp³-hybridized carbons (Fsp3) is 0.222. The van der Waals surface area contributed by atoms with Crippen LogP contribution in [0.15, 0.2) is 46.6 Å². The summed E-state index contributed by atoms with van der Waals surface area (Å²) in [5, 5.41) is 2.29. The first-order valence-electron chi connectivity index (χ1n) is 7.80. The van der Waals surface area contributed by atoms with Crippen LogP contribution in [-0.2, 0) is 9.53 Å². The fourth-order valence-electron chi connectivity index (χ4n) is 2.38. The highest BCUT2D eigenvalue weighted by Crippen LogP contribution is 2.17. The number of benzene rings is 1. The van der Waals surface area contributed by atoms with Crippen LogP contribution in [0.3, 0.4) is 0 Å². The summed E-state index contributed by atoms with van der Waals surface area (Å²) in [6.45, 7) is 1.63. The van der Waals surface area contributed by atoms with Gasteiger partial charge in [0.15, 0.2) is 17.7 Å². The van der Waals surface area contributed by atoms with E-state index in [1.54, 1.807) is 43.3 Å². The zero-order chi connectivity index (χ0) is 17.8. The molecule has 7 heteroatoms. The molecule has 0 unspecified atom stereocenters. The number of hydrogen-bond donors (Lipinski definition) is 1. The molecule has 0 radical (unpaired) electrons. The average molecular weight is 356 g/mol. The highest BCUT2D eigenvalue weighted by atomic mass is 32.1. The molecule has 1 aromatic carbocycles. The summed E-state index contributed by atoms with van der Waals surface area (Å²) >= 11 is 1.34. The minimum atomic E-state index is -0.707. The van der Waals surface area contributed by atoms with Crippen molar-refractivity contribution in [1.29, 1.82) is 0 Å². The minimum absolute atomic E-state index is 0.0150. The summed E-state index contributed by atoms with van der Waals surface area (Å²) in [6, 6.07) is 10.5. The summed E-state index contributed by atoms with van der Waals surface area (Å²) in [5.41, 5.74) is 0.258. The molecule has 0 aliphatic heterocycles. The van der Waals surface area contributed by atoms with Crippen molar-refractivity contribution < 1.29 is 14.3 Å². The van der Waals surface area contributed by atoms with E-state index >= 15 is 0 Å². The van der Waals surface area contributed by atoms with Gasteiger partial charge >= 0.3 is 5.97 Å². The molecule has 0 aliphatic carbocycles. The molecule has 0 fully saturated rings. The largest absolute Gasteiger partial charge is 0.454 e. The number of carbonyl (C=O) groups is 2. The first kappa shape index (κ1) is 17.0. The quantitative estimate of drug-likeness (QED) is 0.541. The highest BCUT2D eigenvalue weighted by molar-refractivity contribution is 7.12. The van der Waals surface area contributed by atoms with E-state index in [1.165, 1.54) is 11.3 Å². The first-order valence-corrected chi connectivity index (χ1v) is 8.67. The van der Waals surface area contributed by atoms with Gasteiger partial charge < -0.3 is 9.72 Å². The van der Waals surface area contributed by atoms with E-state index in [9.17, 15) is 14.4 Å². The standard InChI is InChI=1S/C18H16N2O4S/c1-11(17-19-13-6-3-2-5-12(13)18(23)20-17)24-16(22)9-8-14(21)15-7-4-10-25-15/h2-7,10-11H,8-9H2,1H3,(H,19,20,23)/t11-/m1/s1. The van der Waals surface area contributed by atoms with Gasteiger partial charge in [0.25, 0.3) is 5.56 Å². The molecule has 2 aromatic heterocycles. The molecule has 0 spiro atoms. The van der Waals surface area contributed by atoms with Crippen molar-refractivity contribution in [3.8, 4) is 0 Å². The molecule has 128 valence electrons. The Labute approximate surface area is 147 Å². The molecule has 0 aliphatic rings. The number of ether oxygens (including phenoxy) is 1. The van der Waals surface area contributed by atoms with E-state index in [-0.39, 0.29) is 30.0 Å². The number of nitrogens with zero attached hydrogens (tertiary/aromatic N) is 1. The Morgan fingerprint density at radius 1 is 1.20 bits per heavy atom. The van der Waals surface area contributed by atoms with Gasteiger partial charge in [-0.25, -0.2) is 4.98 Å². The van der Waals surface area contributed by atoms with Crippen molar-refractivity contribution in [2.75, 3.05) is 0 Å². The third-order valence-corrected chi connectivity index (χ3v) is 4.59. The van der Waals surface area contributed by atoms with Gasteiger partial charge in [-0.05, 0) is 30.5 Å². The highest BCUT2D eigenvalue weighted by Gasteiger charge is 2.17. The first-order chi connectivity index (χ1) is 12.0. The molecule has 0 bridgehead atoms. The maximum absolute atomic E-state index is 12.1. The second-order valence-corrected chi connectivity index (χ2v) is 6.45.